The van der Waals surface area contributed by atoms with E-state index in [1.807, 2.05) is 60.7 Å². The van der Waals surface area contributed by atoms with Crippen molar-refractivity contribution in [1.82, 2.24) is 15.2 Å². The quantitative estimate of drug-likeness (QED) is 0.610. The van der Waals surface area contributed by atoms with E-state index in [-0.39, 0.29) is 0 Å². The average molecular weight is 340 g/mol. The highest BCUT2D eigenvalue weighted by Gasteiger charge is 2.13. The van der Waals surface area contributed by atoms with E-state index in [0.717, 1.165) is 22.5 Å². The molecule has 2 aromatic carbocycles. The molecule has 0 aliphatic rings. The molecule has 0 bridgehead atoms. The van der Waals surface area contributed by atoms with E-state index in [2.05, 4.69) is 21.8 Å². The van der Waals surface area contributed by atoms with Gasteiger partial charge in [-0.15, -0.1) is 10.2 Å². The van der Waals surface area contributed by atoms with Crippen molar-refractivity contribution in [2.45, 2.75) is 5.16 Å². The topological polar surface area (TPSA) is 38.7 Å². The van der Waals surface area contributed by atoms with Crippen LogP contribution in [0.15, 0.2) is 77.4 Å². The van der Waals surface area contributed by atoms with Crippen LogP contribution in [-0.4, -0.2) is 20.9 Å². The van der Waals surface area contributed by atoms with E-state index in [1.54, 1.807) is 0 Å². The van der Waals surface area contributed by atoms with Crippen molar-refractivity contribution in [3.63, 3.8) is 0 Å². The van der Waals surface area contributed by atoms with Crippen molar-refractivity contribution in [1.29, 1.82) is 0 Å². The zero-order valence-corrected chi connectivity index (χ0v) is 13.9. The first-order chi connectivity index (χ1) is 11.2. The Morgan fingerprint density at radius 3 is 2.00 bits per heavy atom. The summed E-state index contributed by atoms with van der Waals surface area (Å²) in [6, 6.07) is 19.9. The third-order valence-electron chi connectivity index (χ3n) is 3.12. The maximum atomic E-state index is 5.82. The Bertz CT molecular complexity index is 807. The minimum atomic E-state index is 0.558. The van der Waals surface area contributed by atoms with E-state index in [0.29, 0.717) is 15.9 Å². The van der Waals surface area contributed by atoms with Crippen LogP contribution in [-0.2, 0) is 0 Å². The Morgan fingerprint density at radius 2 is 1.43 bits per heavy atom. The Balaban J connectivity index is 2.07. The van der Waals surface area contributed by atoms with Gasteiger partial charge in [0.05, 0.1) is 0 Å². The summed E-state index contributed by atoms with van der Waals surface area (Å²) in [6.45, 7) is 3.68. The molecule has 0 fully saturated rings. The molecule has 0 amide bonds. The number of thioether (sulfide) groups is 1. The highest BCUT2D eigenvalue weighted by atomic mass is 35.5. The summed E-state index contributed by atoms with van der Waals surface area (Å²) >= 11 is 7.25. The molecule has 1 aromatic heterocycles. The van der Waals surface area contributed by atoms with E-state index in [9.17, 15) is 0 Å². The summed E-state index contributed by atoms with van der Waals surface area (Å²) in [5.74, 6) is 0.558. The van der Waals surface area contributed by atoms with Gasteiger partial charge in [0.2, 0.25) is 5.16 Å². The number of benzene rings is 2. The molecule has 3 rings (SSSR count). The van der Waals surface area contributed by atoms with Gasteiger partial charge in [0.25, 0.3) is 0 Å². The molecule has 3 nitrogen and oxygen atoms in total. The Kier molecular flexibility index (Phi) is 5.05. The summed E-state index contributed by atoms with van der Waals surface area (Å²) in [6.07, 6.45) is 0. The Morgan fingerprint density at radius 1 is 0.870 bits per heavy atom. The monoisotopic (exact) mass is 339 g/mol. The van der Waals surface area contributed by atoms with Crippen molar-refractivity contribution < 1.29 is 0 Å². The van der Waals surface area contributed by atoms with Gasteiger partial charge in [0.15, 0.2) is 0 Å². The zero-order valence-electron chi connectivity index (χ0n) is 12.3. The highest BCUT2D eigenvalue weighted by Crippen LogP contribution is 2.29. The van der Waals surface area contributed by atoms with Gasteiger partial charge in [0, 0.05) is 21.9 Å². The third-order valence-corrected chi connectivity index (χ3v) is 4.34. The molecule has 1 heterocycles. The second-order valence-electron chi connectivity index (χ2n) is 4.83. The van der Waals surface area contributed by atoms with Gasteiger partial charge < -0.3 is 0 Å². The van der Waals surface area contributed by atoms with Crippen LogP contribution in [0.3, 0.4) is 0 Å². The molecule has 0 radical (unpaired) electrons. The lowest BCUT2D eigenvalue weighted by Gasteiger charge is -2.09. The second-order valence-corrected chi connectivity index (χ2v) is 6.31. The number of aromatic nitrogens is 3. The number of hydrogen-bond acceptors (Lipinski definition) is 4. The molecular weight excluding hydrogens is 326 g/mol. The van der Waals surface area contributed by atoms with Crippen LogP contribution in [0.2, 0.25) is 0 Å². The summed E-state index contributed by atoms with van der Waals surface area (Å²) < 4.78 is 0. The fourth-order valence-corrected chi connectivity index (χ4v) is 2.81. The number of halogens is 1. The normalized spacial score (nSPS) is 10.5. The summed E-state index contributed by atoms with van der Waals surface area (Å²) in [5.41, 5.74) is 3.58. The van der Waals surface area contributed by atoms with Crippen molar-refractivity contribution in [2.24, 2.45) is 0 Å². The Hall–Kier alpha value is -2.17. The maximum Gasteiger partial charge on any atom is 0.210 e. The van der Waals surface area contributed by atoms with Crippen LogP contribution in [0.4, 0.5) is 0 Å². The SMILES string of the molecule is C=C(Cl)CSc1nnc(-c2ccccc2)c(-c2ccccc2)n1. The maximum absolute atomic E-state index is 5.82. The van der Waals surface area contributed by atoms with E-state index >= 15 is 0 Å². The predicted molar refractivity (Wildman–Crippen MR) is 96.4 cm³/mol. The molecule has 0 saturated carbocycles. The van der Waals surface area contributed by atoms with Gasteiger partial charge in [0.1, 0.15) is 11.4 Å². The van der Waals surface area contributed by atoms with Crippen molar-refractivity contribution in [3.05, 3.63) is 72.3 Å². The molecule has 0 saturated heterocycles. The zero-order chi connectivity index (χ0) is 16.1. The van der Waals surface area contributed by atoms with Gasteiger partial charge >= 0.3 is 0 Å². The molecule has 0 atom stereocenters. The average Bonchev–Trinajstić information content (AvgIpc) is 2.61. The molecule has 5 heteroatoms. The number of nitrogens with zero attached hydrogens (tertiary/aromatic N) is 3. The first kappa shape index (κ1) is 15.7. The van der Waals surface area contributed by atoms with Crippen molar-refractivity contribution >= 4 is 23.4 Å². The minimum absolute atomic E-state index is 0.558. The number of rotatable bonds is 5. The highest BCUT2D eigenvalue weighted by molar-refractivity contribution is 7.99. The van der Waals surface area contributed by atoms with Crippen LogP contribution < -0.4 is 0 Å². The second kappa shape index (κ2) is 7.40. The molecule has 3 aromatic rings. The molecule has 0 aliphatic heterocycles. The first-order valence-corrected chi connectivity index (χ1v) is 8.42. The smallest absolute Gasteiger partial charge is 0.210 e. The van der Waals surface area contributed by atoms with Crippen LogP contribution in [0.25, 0.3) is 22.5 Å². The van der Waals surface area contributed by atoms with Gasteiger partial charge in [-0.1, -0.05) is 90.6 Å². The van der Waals surface area contributed by atoms with Crippen molar-refractivity contribution in [2.75, 3.05) is 5.75 Å². The third kappa shape index (κ3) is 3.97. The van der Waals surface area contributed by atoms with Crippen LogP contribution in [0.1, 0.15) is 0 Å². The molecule has 23 heavy (non-hydrogen) atoms. The van der Waals surface area contributed by atoms with Gasteiger partial charge in [-0.2, -0.15) is 0 Å². The standard InChI is InChI=1S/C18H14ClN3S/c1-13(19)12-23-18-20-16(14-8-4-2-5-9-14)17(21-22-18)15-10-6-3-7-11-15/h2-11H,1,12H2. The molecular formula is C18H14ClN3S. The van der Waals surface area contributed by atoms with Crippen LogP contribution >= 0.6 is 23.4 Å². The lowest BCUT2D eigenvalue weighted by atomic mass is 10.0. The lowest BCUT2D eigenvalue weighted by molar-refractivity contribution is 0.851. The number of hydrogen-bond donors (Lipinski definition) is 0. The summed E-state index contributed by atoms with van der Waals surface area (Å²) in [4.78, 5) is 4.68. The Labute approximate surface area is 144 Å². The molecule has 0 spiro atoms. The van der Waals surface area contributed by atoms with Crippen LogP contribution in [0.5, 0.6) is 0 Å². The van der Waals surface area contributed by atoms with E-state index in [4.69, 9.17) is 11.6 Å². The summed E-state index contributed by atoms with van der Waals surface area (Å²) in [7, 11) is 0. The molecule has 0 aliphatic carbocycles. The molecule has 0 unspecified atom stereocenters. The van der Waals surface area contributed by atoms with Crippen LogP contribution in [0, 0.1) is 0 Å². The summed E-state index contributed by atoms with van der Waals surface area (Å²) in [5, 5.41) is 9.76. The molecule has 0 N–H and O–H groups in total. The largest absolute Gasteiger partial charge is 0.219 e. The first-order valence-electron chi connectivity index (χ1n) is 7.05. The fraction of sp³-hybridized carbons (Fsp3) is 0.0556. The van der Waals surface area contributed by atoms with E-state index < -0.39 is 0 Å². The predicted octanol–water partition coefficient (Wildman–Crippen LogP) is 5.05. The van der Waals surface area contributed by atoms with Gasteiger partial charge in [-0.05, 0) is 0 Å². The van der Waals surface area contributed by atoms with Gasteiger partial charge in [-0.25, -0.2) is 4.98 Å². The molecule has 114 valence electrons. The van der Waals surface area contributed by atoms with Gasteiger partial charge in [-0.3, -0.25) is 0 Å². The minimum Gasteiger partial charge on any atom is -0.219 e. The fourth-order valence-electron chi connectivity index (χ4n) is 2.10. The van der Waals surface area contributed by atoms with Crippen molar-refractivity contribution in [3.8, 4) is 22.5 Å². The lowest BCUT2D eigenvalue weighted by Crippen LogP contribution is -1.99. The van der Waals surface area contributed by atoms with E-state index in [1.165, 1.54) is 11.8 Å².